The molecule has 0 aliphatic rings. The van der Waals surface area contributed by atoms with E-state index in [1.807, 2.05) is 12.4 Å². The second kappa shape index (κ2) is 8.24. The van der Waals surface area contributed by atoms with Crippen LogP contribution in [0.3, 0.4) is 0 Å². The van der Waals surface area contributed by atoms with Crippen LogP contribution in [0, 0.1) is 5.92 Å². The van der Waals surface area contributed by atoms with Crippen LogP contribution in [0.1, 0.15) is 45.1 Å². The molecule has 0 saturated heterocycles. The normalized spacial score (nSPS) is 12.9. The van der Waals surface area contributed by atoms with Crippen molar-refractivity contribution in [2.75, 3.05) is 7.05 Å². The quantitative estimate of drug-likeness (QED) is 0.745. The van der Waals surface area contributed by atoms with Crippen LogP contribution in [0.15, 0.2) is 24.5 Å². The summed E-state index contributed by atoms with van der Waals surface area (Å²) in [4.78, 5) is 4.08. The van der Waals surface area contributed by atoms with Gasteiger partial charge in [-0.15, -0.1) is 0 Å². The first-order chi connectivity index (χ1) is 8.31. The summed E-state index contributed by atoms with van der Waals surface area (Å²) in [6.45, 7) is 4.56. The van der Waals surface area contributed by atoms with Crippen LogP contribution in [-0.2, 0) is 6.42 Å². The van der Waals surface area contributed by atoms with Crippen molar-refractivity contribution in [2.24, 2.45) is 5.92 Å². The van der Waals surface area contributed by atoms with E-state index in [4.69, 9.17) is 0 Å². The summed E-state index contributed by atoms with van der Waals surface area (Å²) in [5.74, 6) is 0.795. The van der Waals surface area contributed by atoms with Gasteiger partial charge in [0.25, 0.3) is 0 Å². The van der Waals surface area contributed by atoms with Gasteiger partial charge in [-0.05, 0) is 49.9 Å². The predicted molar refractivity (Wildman–Crippen MR) is 74.1 cm³/mol. The van der Waals surface area contributed by atoms with Gasteiger partial charge in [-0.3, -0.25) is 4.98 Å². The molecule has 0 amide bonds. The van der Waals surface area contributed by atoms with Gasteiger partial charge in [0.05, 0.1) is 0 Å². The van der Waals surface area contributed by atoms with Crippen molar-refractivity contribution in [3.05, 3.63) is 30.1 Å². The smallest absolute Gasteiger partial charge is 0.0270 e. The van der Waals surface area contributed by atoms with Crippen LogP contribution < -0.4 is 5.32 Å². The number of aromatic nitrogens is 1. The van der Waals surface area contributed by atoms with Crippen LogP contribution in [0.4, 0.5) is 0 Å². The van der Waals surface area contributed by atoms with E-state index in [0.717, 1.165) is 12.3 Å². The summed E-state index contributed by atoms with van der Waals surface area (Å²) in [7, 11) is 2.09. The predicted octanol–water partition coefficient (Wildman–Crippen LogP) is 3.43. The first-order valence-electron chi connectivity index (χ1n) is 6.87. The summed E-state index contributed by atoms with van der Waals surface area (Å²) >= 11 is 0. The molecule has 0 aliphatic carbocycles. The number of rotatable bonds is 8. The summed E-state index contributed by atoms with van der Waals surface area (Å²) in [5, 5.41) is 3.50. The maximum atomic E-state index is 4.08. The number of hydrogen-bond acceptors (Lipinski definition) is 2. The third-order valence-electron chi connectivity index (χ3n) is 3.46. The Labute approximate surface area is 106 Å². The molecule has 0 spiro atoms. The van der Waals surface area contributed by atoms with Gasteiger partial charge in [-0.1, -0.05) is 26.7 Å². The van der Waals surface area contributed by atoms with Gasteiger partial charge in [-0.2, -0.15) is 0 Å². The highest BCUT2D eigenvalue weighted by Gasteiger charge is 2.18. The van der Waals surface area contributed by atoms with E-state index in [1.165, 1.54) is 31.2 Å². The Kier molecular flexibility index (Phi) is 6.87. The fraction of sp³-hybridized carbons (Fsp3) is 0.667. The van der Waals surface area contributed by atoms with E-state index in [2.05, 4.69) is 43.3 Å². The SMILES string of the molecule is CCCC(CCC)C(Cc1ccncc1)NC. The maximum absolute atomic E-state index is 4.08. The second-order valence-corrected chi connectivity index (χ2v) is 4.79. The van der Waals surface area contributed by atoms with Crippen molar-refractivity contribution >= 4 is 0 Å². The van der Waals surface area contributed by atoms with Crippen molar-refractivity contribution in [3.8, 4) is 0 Å². The molecule has 0 fully saturated rings. The van der Waals surface area contributed by atoms with E-state index in [0.29, 0.717) is 6.04 Å². The topological polar surface area (TPSA) is 24.9 Å². The van der Waals surface area contributed by atoms with Crippen molar-refractivity contribution < 1.29 is 0 Å². The van der Waals surface area contributed by atoms with Crippen molar-refractivity contribution in [2.45, 2.75) is 52.0 Å². The van der Waals surface area contributed by atoms with E-state index in [-0.39, 0.29) is 0 Å². The zero-order chi connectivity index (χ0) is 12.5. The molecule has 1 heterocycles. The average molecular weight is 234 g/mol. The minimum Gasteiger partial charge on any atom is -0.316 e. The van der Waals surface area contributed by atoms with Crippen LogP contribution in [0.2, 0.25) is 0 Å². The molecule has 1 aromatic rings. The molecule has 1 atom stereocenters. The molecule has 0 saturated carbocycles. The lowest BCUT2D eigenvalue weighted by Crippen LogP contribution is -2.35. The third kappa shape index (κ3) is 4.86. The molecular weight excluding hydrogens is 208 g/mol. The van der Waals surface area contributed by atoms with Crippen LogP contribution >= 0.6 is 0 Å². The average Bonchev–Trinajstić information content (AvgIpc) is 2.37. The molecular formula is C15H26N2. The Balaban J connectivity index is 2.61. The largest absolute Gasteiger partial charge is 0.316 e. The fourth-order valence-corrected chi connectivity index (χ4v) is 2.57. The summed E-state index contributed by atoms with van der Waals surface area (Å²) in [5.41, 5.74) is 1.39. The monoisotopic (exact) mass is 234 g/mol. The van der Waals surface area contributed by atoms with E-state index >= 15 is 0 Å². The van der Waals surface area contributed by atoms with Crippen LogP contribution in [-0.4, -0.2) is 18.1 Å². The summed E-state index contributed by atoms with van der Waals surface area (Å²) in [6, 6.07) is 4.84. The van der Waals surface area contributed by atoms with Gasteiger partial charge in [0.15, 0.2) is 0 Å². The lowest BCUT2D eigenvalue weighted by Gasteiger charge is -2.26. The van der Waals surface area contributed by atoms with Crippen molar-refractivity contribution in [3.63, 3.8) is 0 Å². The number of likely N-dealkylation sites (N-methyl/N-ethyl adjacent to an activating group) is 1. The summed E-state index contributed by atoms with van der Waals surface area (Å²) < 4.78 is 0. The lowest BCUT2D eigenvalue weighted by atomic mass is 9.87. The maximum Gasteiger partial charge on any atom is 0.0270 e. The number of hydrogen-bond donors (Lipinski definition) is 1. The number of pyridine rings is 1. The molecule has 1 unspecified atom stereocenters. The fourth-order valence-electron chi connectivity index (χ4n) is 2.57. The molecule has 1 aromatic heterocycles. The Morgan fingerprint density at radius 1 is 1.12 bits per heavy atom. The lowest BCUT2D eigenvalue weighted by molar-refractivity contribution is 0.322. The first-order valence-corrected chi connectivity index (χ1v) is 6.87. The minimum atomic E-state index is 0.595. The van der Waals surface area contributed by atoms with Gasteiger partial charge < -0.3 is 5.32 Å². The Morgan fingerprint density at radius 2 is 1.71 bits per heavy atom. The molecule has 2 heteroatoms. The molecule has 1 rings (SSSR count). The molecule has 96 valence electrons. The molecule has 0 aliphatic heterocycles. The second-order valence-electron chi connectivity index (χ2n) is 4.79. The van der Waals surface area contributed by atoms with E-state index in [9.17, 15) is 0 Å². The third-order valence-corrected chi connectivity index (χ3v) is 3.46. The van der Waals surface area contributed by atoms with Gasteiger partial charge in [0.2, 0.25) is 0 Å². The van der Waals surface area contributed by atoms with E-state index < -0.39 is 0 Å². The highest BCUT2D eigenvalue weighted by molar-refractivity contribution is 5.11. The number of nitrogens with one attached hydrogen (secondary N) is 1. The Bertz CT molecular complexity index is 278. The molecule has 2 nitrogen and oxygen atoms in total. The Morgan fingerprint density at radius 3 is 2.18 bits per heavy atom. The van der Waals surface area contributed by atoms with Gasteiger partial charge in [-0.25, -0.2) is 0 Å². The molecule has 1 N–H and O–H groups in total. The standard InChI is InChI=1S/C15H26N2/c1-4-6-14(7-5-2)15(16-3)12-13-8-10-17-11-9-13/h8-11,14-16H,4-7,12H2,1-3H3. The van der Waals surface area contributed by atoms with Gasteiger partial charge >= 0.3 is 0 Å². The van der Waals surface area contributed by atoms with Crippen molar-refractivity contribution in [1.82, 2.24) is 10.3 Å². The van der Waals surface area contributed by atoms with Gasteiger partial charge in [0, 0.05) is 18.4 Å². The zero-order valence-electron chi connectivity index (χ0n) is 11.4. The van der Waals surface area contributed by atoms with Gasteiger partial charge in [0.1, 0.15) is 0 Å². The van der Waals surface area contributed by atoms with Crippen molar-refractivity contribution in [1.29, 1.82) is 0 Å². The number of nitrogens with zero attached hydrogens (tertiary/aromatic N) is 1. The first kappa shape index (κ1) is 14.2. The zero-order valence-corrected chi connectivity index (χ0v) is 11.4. The molecule has 17 heavy (non-hydrogen) atoms. The molecule has 0 bridgehead atoms. The molecule has 0 radical (unpaired) electrons. The molecule has 0 aromatic carbocycles. The van der Waals surface area contributed by atoms with E-state index in [1.54, 1.807) is 0 Å². The Hall–Kier alpha value is -0.890. The minimum absolute atomic E-state index is 0.595. The highest BCUT2D eigenvalue weighted by Crippen LogP contribution is 2.20. The van der Waals surface area contributed by atoms with Crippen LogP contribution in [0.25, 0.3) is 0 Å². The highest BCUT2D eigenvalue weighted by atomic mass is 14.9. The van der Waals surface area contributed by atoms with Crippen LogP contribution in [0.5, 0.6) is 0 Å². The summed E-state index contributed by atoms with van der Waals surface area (Å²) in [6.07, 6.45) is 10.1.